The van der Waals surface area contributed by atoms with Gasteiger partial charge in [-0.25, -0.2) is 0 Å². The smallest absolute Gasteiger partial charge is 0.127 e. The predicted octanol–water partition coefficient (Wildman–Crippen LogP) is 3.24. The number of hydrogen-bond acceptors (Lipinski definition) is 2. The van der Waals surface area contributed by atoms with Crippen molar-refractivity contribution in [1.82, 2.24) is 0 Å². The molecule has 3 atom stereocenters. The molecule has 1 N–H and O–H groups in total. The van der Waals surface area contributed by atoms with Crippen molar-refractivity contribution in [2.75, 3.05) is 7.11 Å². The van der Waals surface area contributed by atoms with Crippen LogP contribution in [0.15, 0.2) is 30.3 Å². The molecule has 0 amide bonds. The lowest BCUT2D eigenvalue weighted by atomic mass is 9.98. The Hall–Kier alpha value is -0.860. The molecule has 2 fully saturated rings. The Morgan fingerprint density at radius 2 is 1.83 bits per heavy atom. The van der Waals surface area contributed by atoms with Gasteiger partial charge in [0.15, 0.2) is 0 Å². The van der Waals surface area contributed by atoms with Crippen LogP contribution in [0.1, 0.15) is 44.1 Å². The zero-order valence-electron chi connectivity index (χ0n) is 11.1. The van der Waals surface area contributed by atoms with Gasteiger partial charge in [-0.15, -0.1) is 0 Å². The maximum atomic E-state index is 11.0. The fraction of sp³-hybridized carbons (Fsp3) is 0.625. The van der Waals surface area contributed by atoms with E-state index in [2.05, 4.69) is 12.1 Å². The highest BCUT2D eigenvalue weighted by atomic mass is 16.5. The Balaban J connectivity index is 1.97. The minimum Gasteiger partial charge on any atom is -0.386 e. The molecule has 18 heavy (non-hydrogen) atoms. The molecule has 0 heterocycles. The van der Waals surface area contributed by atoms with Crippen molar-refractivity contribution >= 4 is 0 Å². The van der Waals surface area contributed by atoms with E-state index >= 15 is 0 Å². The van der Waals surface area contributed by atoms with E-state index < -0.39 is 11.2 Å². The summed E-state index contributed by atoms with van der Waals surface area (Å²) in [6.07, 6.45) is 6.82. The van der Waals surface area contributed by atoms with E-state index in [1.54, 1.807) is 7.11 Å². The Morgan fingerprint density at radius 3 is 2.56 bits per heavy atom. The minimum absolute atomic E-state index is 0.276. The van der Waals surface area contributed by atoms with Crippen LogP contribution in [0.3, 0.4) is 0 Å². The lowest BCUT2D eigenvalue weighted by molar-refractivity contribution is -0.0200. The zero-order chi connectivity index (χ0) is 12.6. The van der Waals surface area contributed by atoms with Crippen molar-refractivity contribution in [2.45, 2.75) is 49.7 Å². The van der Waals surface area contributed by atoms with Crippen LogP contribution in [-0.4, -0.2) is 17.8 Å². The quantitative estimate of drug-likeness (QED) is 0.868. The van der Waals surface area contributed by atoms with Gasteiger partial charge in [-0.05, 0) is 18.4 Å². The monoisotopic (exact) mass is 246 g/mol. The van der Waals surface area contributed by atoms with Gasteiger partial charge in [-0.3, -0.25) is 0 Å². The van der Waals surface area contributed by atoms with E-state index in [4.69, 9.17) is 4.74 Å². The standard InChI is InChI=1S/C16H22O2/c1-18-16(13-9-5-4-6-10-13)14-11-7-2-3-8-12-15(14,16)17/h4-6,9-10,14,17H,2-3,7-8,11-12H2,1H3/t14-,15-,16+/m1/s1. The SMILES string of the molecule is CO[C@@]1(c2ccccc2)[C@@H]2CCCCCC[C@@]21O. The largest absolute Gasteiger partial charge is 0.386 e. The second-order valence-corrected chi connectivity index (χ2v) is 5.74. The van der Waals surface area contributed by atoms with Gasteiger partial charge in [-0.2, -0.15) is 0 Å². The predicted molar refractivity (Wildman–Crippen MR) is 71.3 cm³/mol. The van der Waals surface area contributed by atoms with E-state index in [0.717, 1.165) is 24.8 Å². The van der Waals surface area contributed by atoms with Crippen LogP contribution in [-0.2, 0) is 10.3 Å². The number of aliphatic hydroxyl groups is 1. The molecular weight excluding hydrogens is 224 g/mol. The number of methoxy groups -OCH3 is 1. The third kappa shape index (κ3) is 1.49. The number of benzene rings is 1. The summed E-state index contributed by atoms with van der Waals surface area (Å²) in [6, 6.07) is 10.3. The molecule has 1 aromatic rings. The van der Waals surface area contributed by atoms with Crippen molar-refractivity contribution in [2.24, 2.45) is 5.92 Å². The number of fused-ring (bicyclic) bond motifs is 1. The highest BCUT2D eigenvalue weighted by Gasteiger charge is 2.77. The first-order chi connectivity index (χ1) is 8.75. The number of ether oxygens (including phenoxy) is 1. The minimum atomic E-state index is -0.635. The summed E-state index contributed by atoms with van der Waals surface area (Å²) in [7, 11) is 1.75. The van der Waals surface area contributed by atoms with Crippen LogP contribution in [0.5, 0.6) is 0 Å². The summed E-state index contributed by atoms with van der Waals surface area (Å²) < 4.78 is 5.85. The van der Waals surface area contributed by atoms with Gasteiger partial charge in [0.25, 0.3) is 0 Å². The summed E-state index contributed by atoms with van der Waals surface area (Å²) in [4.78, 5) is 0. The van der Waals surface area contributed by atoms with Crippen molar-refractivity contribution in [3.63, 3.8) is 0 Å². The summed E-state index contributed by atoms with van der Waals surface area (Å²) >= 11 is 0. The molecule has 3 rings (SSSR count). The summed E-state index contributed by atoms with van der Waals surface area (Å²) in [5.74, 6) is 0.276. The maximum absolute atomic E-state index is 11.0. The van der Waals surface area contributed by atoms with Crippen LogP contribution in [0.2, 0.25) is 0 Å². The van der Waals surface area contributed by atoms with E-state index in [9.17, 15) is 5.11 Å². The van der Waals surface area contributed by atoms with E-state index in [0.29, 0.717) is 0 Å². The van der Waals surface area contributed by atoms with Gasteiger partial charge in [0, 0.05) is 13.0 Å². The highest BCUT2D eigenvalue weighted by molar-refractivity contribution is 5.39. The van der Waals surface area contributed by atoms with Crippen LogP contribution in [0.4, 0.5) is 0 Å². The maximum Gasteiger partial charge on any atom is 0.127 e. The second-order valence-electron chi connectivity index (χ2n) is 5.74. The Labute approximate surface area is 109 Å². The lowest BCUT2D eigenvalue weighted by Gasteiger charge is -2.21. The Morgan fingerprint density at radius 1 is 1.11 bits per heavy atom. The normalized spacial score (nSPS) is 39.6. The molecule has 0 aromatic heterocycles. The van der Waals surface area contributed by atoms with Crippen LogP contribution >= 0.6 is 0 Å². The van der Waals surface area contributed by atoms with Crippen LogP contribution in [0.25, 0.3) is 0 Å². The first-order valence-corrected chi connectivity index (χ1v) is 7.09. The molecule has 1 aromatic carbocycles. The second kappa shape index (κ2) is 4.36. The molecule has 0 unspecified atom stereocenters. The van der Waals surface area contributed by atoms with Gasteiger partial charge in [0.1, 0.15) is 11.2 Å². The van der Waals surface area contributed by atoms with Crippen molar-refractivity contribution in [1.29, 1.82) is 0 Å². The fourth-order valence-electron chi connectivity index (χ4n) is 4.04. The third-order valence-corrected chi connectivity index (χ3v) is 4.95. The molecule has 2 saturated carbocycles. The van der Waals surface area contributed by atoms with Crippen molar-refractivity contribution in [3.05, 3.63) is 35.9 Å². The average Bonchev–Trinajstić information content (AvgIpc) is 2.89. The van der Waals surface area contributed by atoms with Gasteiger partial charge in [0.05, 0.1) is 0 Å². The average molecular weight is 246 g/mol. The molecule has 0 saturated heterocycles. The number of rotatable bonds is 2. The van der Waals surface area contributed by atoms with Gasteiger partial charge >= 0.3 is 0 Å². The molecule has 0 bridgehead atoms. The van der Waals surface area contributed by atoms with Crippen molar-refractivity contribution in [3.8, 4) is 0 Å². The summed E-state index contributed by atoms with van der Waals surface area (Å²) in [6.45, 7) is 0. The topological polar surface area (TPSA) is 29.5 Å². The third-order valence-electron chi connectivity index (χ3n) is 4.95. The first kappa shape index (κ1) is 12.2. The molecule has 0 radical (unpaired) electrons. The molecule has 2 nitrogen and oxygen atoms in total. The van der Waals surface area contributed by atoms with Crippen LogP contribution in [0, 0.1) is 5.92 Å². The number of hydrogen-bond donors (Lipinski definition) is 1. The highest BCUT2D eigenvalue weighted by Crippen LogP contribution is 2.67. The molecular formula is C16H22O2. The van der Waals surface area contributed by atoms with Crippen LogP contribution < -0.4 is 0 Å². The summed E-state index contributed by atoms with van der Waals surface area (Å²) in [5.41, 5.74) is 0.0594. The van der Waals surface area contributed by atoms with Crippen molar-refractivity contribution < 1.29 is 9.84 Å². The Bertz CT molecular complexity index is 416. The van der Waals surface area contributed by atoms with E-state index in [-0.39, 0.29) is 5.92 Å². The molecule has 2 aliphatic rings. The van der Waals surface area contributed by atoms with Gasteiger partial charge < -0.3 is 9.84 Å². The molecule has 98 valence electrons. The molecule has 0 spiro atoms. The fourth-order valence-corrected chi connectivity index (χ4v) is 4.04. The molecule has 2 heteroatoms. The first-order valence-electron chi connectivity index (χ1n) is 7.09. The lowest BCUT2D eigenvalue weighted by Crippen LogP contribution is -2.25. The van der Waals surface area contributed by atoms with Gasteiger partial charge in [-0.1, -0.05) is 56.0 Å². The Kier molecular flexibility index (Phi) is 2.95. The molecule has 2 aliphatic carbocycles. The van der Waals surface area contributed by atoms with E-state index in [1.165, 1.54) is 19.3 Å². The zero-order valence-corrected chi connectivity index (χ0v) is 11.1. The summed E-state index contributed by atoms with van der Waals surface area (Å²) in [5, 5.41) is 11.0. The van der Waals surface area contributed by atoms with E-state index in [1.807, 2.05) is 18.2 Å². The van der Waals surface area contributed by atoms with Gasteiger partial charge in [0.2, 0.25) is 0 Å². The molecule has 0 aliphatic heterocycles.